The molecular formula is C27H24N2O7. The topological polar surface area (TPSA) is 106 Å². The summed E-state index contributed by atoms with van der Waals surface area (Å²) in [5.74, 6) is -2.96. The number of carbonyl (C=O) groups excluding carboxylic acids is 2. The Bertz CT molecular complexity index is 1360. The van der Waals surface area contributed by atoms with Gasteiger partial charge in [0.1, 0.15) is 11.5 Å². The maximum atomic E-state index is 13.9. The number of aryl methyl sites for hydroxylation is 1. The van der Waals surface area contributed by atoms with E-state index in [4.69, 9.17) is 14.3 Å². The molecule has 9 heteroatoms. The van der Waals surface area contributed by atoms with Gasteiger partial charge in [-0.3, -0.25) is 14.4 Å². The van der Waals surface area contributed by atoms with Crippen LogP contribution in [0, 0.1) is 12.8 Å². The lowest BCUT2D eigenvalue weighted by molar-refractivity contribution is -0.126. The fraction of sp³-hybridized carbons (Fsp3) is 0.222. The van der Waals surface area contributed by atoms with Gasteiger partial charge in [0.25, 0.3) is 5.91 Å². The number of aromatic carboxylic acids is 1. The molecule has 0 saturated carbocycles. The number of hydrogen-bond acceptors (Lipinski definition) is 7. The molecule has 5 rings (SSSR count). The predicted octanol–water partition coefficient (Wildman–Crippen LogP) is 3.76. The Morgan fingerprint density at radius 3 is 2.25 bits per heavy atom. The van der Waals surface area contributed by atoms with Crippen LogP contribution in [-0.2, 0) is 14.4 Å². The van der Waals surface area contributed by atoms with Gasteiger partial charge in [-0.1, -0.05) is 42.5 Å². The van der Waals surface area contributed by atoms with E-state index < -0.39 is 35.8 Å². The van der Waals surface area contributed by atoms with Crippen molar-refractivity contribution in [2.75, 3.05) is 24.2 Å². The number of benzene rings is 3. The monoisotopic (exact) mass is 488 g/mol. The van der Waals surface area contributed by atoms with Gasteiger partial charge in [-0.2, -0.15) is 0 Å². The summed E-state index contributed by atoms with van der Waals surface area (Å²) < 4.78 is 10.7. The number of para-hydroxylation sites is 2. The summed E-state index contributed by atoms with van der Waals surface area (Å²) in [5.41, 5.74) is 1.91. The highest BCUT2D eigenvalue weighted by molar-refractivity contribution is 6.24. The van der Waals surface area contributed by atoms with Crippen molar-refractivity contribution in [3.8, 4) is 11.5 Å². The first-order valence-electron chi connectivity index (χ1n) is 11.3. The van der Waals surface area contributed by atoms with Crippen molar-refractivity contribution in [2.24, 2.45) is 5.92 Å². The summed E-state index contributed by atoms with van der Waals surface area (Å²) in [4.78, 5) is 47.2. The largest absolute Gasteiger partial charge is 0.493 e. The number of fused-ring (bicyclic) bond motifs is 1. The smallest absolute Gasteiger partial charge is 0.339 e. The van der Waals surface area contributed by atoms with Crippen LogP contribution in [0.2, 0.25) is 0 Å². The summed E-state index contributed by atoms with van der Waals surface area (Å²) in [6.07, 6.45) is -1.13. The van der Waals surface area contributed by atoms with Crippen LogP contribution in [0.15, 0.2) is 66.7 Å². The van der Waals surface area contributed by atoms with E-state index in [9.17, 15) is 19.5 Å². The van der Waals surface area contributed by atoms with Gasteiger partial charge in [0.2, 0.25) is 5.91 Å². The van der Waals surface area contributed by atoms with Gasteiger partial charge < -0.3 is 14.6 Å². The van der Waals surface area contributed by atoms with Gasteiger partial charge in [-0.05, 0) is 42.3 Å². The summed E-state index contributed by atoms with van der Waals surface area (Å²) >= 11 is 0. The molecule has 2 heterocycles. The molecule has 2 amide bonds. The van der Waals surface area contributed by atoms with Gasteiger partial charge in [0, 0.05) is 0 Å². The molecule has 3 atom stereocenters. The molecule has 3 aromatic rings. The normalized spacial score (nSPS) is 21.0. The standard InChI is InChI=1S/C27H24N2O7/c1-15-9-7-8-12-18(15)28-25(30)21-22(17-13-14-19(34-2)23(35-3)20(17)27(32)33)29(36-24(21)26(28)31)16-10-5-4-6-11-16/h4-14,21-22,24H,1-3H3,(H,32,33)/t21-,22+,24+/m0/s1. The Balaban J connectivity index is 1.70. The molecule has 0 radical (unpaired) electrons. The lowest BCUT2D eigenvalue weighted by Crippen LogP contribution is -2.38. The predicted molar refractivity (Wildman–Crippen MR) is 130 cm³/mol. The molecular weight excluding hydrogens is 464 g/mol. The van der Waals surface area contributed by atoms with Crippen LogP contribution >= 0.6 is 0 Å². The molecule has 0 aliphatic carbocycles. The second-order valence-electron chi connectivity index (χ2n) is 8.53. The Labute approximate surface area is 207 Å². The SMILES string of the molecule is COc1ccc([C@@H]2[C@@H]3C(=O)N(c4ccccc4C)C(=O)[C@@H]3ON2c2ccccc2)c(C(=O)O)c1OC. The highest BCUT2D eigenvalue weighted by Gasteiger charge is 2.61. The third-order valence-electron chi connectivity index (χ3n) is 6.59. The molecule has 9 nitrogen and oxygen atoms in total. The maximum Gasteiger partial charge on any atom is 0.339 e. The molecule has 36 heavy (non-hydrogen) atoms. The minimum Gasteiger partial charge on any atom is -0.493 e. The second kappa shape index (κ2) is 9.01. The number of hydrogen-bond donors (Lipinski definition) is 1. The number of ether oxygens (including phenoxy) is 2. The van der Waals surface area contributed by atoms with E-state index in [2.05, 4.69) is 0 Å². The Morgan fingerprint density at radius 1 is 0.917 bits per heavy atom. The number of amides is 2. The van der Waals surface area contributed by atoms with Crippen molar-refractivity contribution < 1.29 is 33.8 Å². The average Bonchev–Trinajstić information content (AvgIpc) is 3.39. The van der Waals surface area contributed by atoms with E-state index in [1.165, 1.54) is 19.3 Å². The summed E-state index contributed by atoms with van der Waals surface area (Å²) in [6.45, 7) is 1.81. The average molecular weight is 488 g/mol. The summed E-state index contributed by atoms with van der Waals surface area (Å²) in [7, 11) is 2.76. The lowest BCUT2D eigenvalue weighted by atomic mass is 9.87. The van der Waals surface area contributed by atoms with E-state index in [1.807, 2.05) is 25.1 Å². The minimum absolute atomic E-state index is 0.0199. The van der Waals surface area contributed by atoms with Crippen LogP contribution in [0.25, 0.3) is 0 Å². The van der Waals surface area contributed by atoms with Crippen molar-refractivity contribution in [2.45, 2.75) is 19.1 Å². The third kappa shape index (κ3) is 3.47. The number of carboxylic acids is 1. The Morgan fingerprint density at radius 2 is 1.61 bits per heavy atom. The van der Waals surface area contributed by atoms with E-state index in [0.717, 1.165) is 10.5 Å². The van der Waals surface area contributed by atoms with Crippen molar-refractivity contribution in [1.29, 1.82) is 0 Å². The zero-order valence-electron chi connectivity index (χ0n) is 19.9. The quantitative estimate of drug-likeness (QED) is 0.523. The first-order valence-corrected chi connectivity index (χ1v) is 11.3. The number of anilines is 2. The highest BCUT2D eigenvalue weighted by atomic mass is 16.7. The van der Waals surface area contributed by atoms with Crippen LogP contribution in [0.5, 0.6) is 11.5 Å². The molecule has 2 saturated heterocycles. The van der Waals surface area contributed by atoms with Crippen LogP contribution < -0.4 is 19.4 Å². The number of hydroxylamine groups is 1. The molecule has 0 spiro atoms. The van der Waals surface area contributed by atoms with Crippen molar-refractivity contribution in [1.82, 2.24) is 0 Å². The Kier molecular flexibility index (Phi) is 5.85. The molecule has 184 valence electrons. The van der Waals surface area contributed by atoms with Crippen molar-refractivity contribution in [3.63, 3.8) is 0 Å². The first-order chi connectivity index (χ1) is 17.4. The molecule has 2 fully saturated rings. The number of nitrogens with zero attached hydrogens (tertiary/aromatic N) is 2. The molecule has 2 aliphatic rings. The molecule has 2 aliphatic heterocycles. The van der Waals surface area contributed by atoms with Crippen LogP contribution in [0.4, 0.5) is 11.4 Å². The van der Waals surface area contributed by atoms with Crippen LogP contribution in [0.3, 0.4) is 0 Å². The van der Waals surface area contributed by atoms with Gasteiger partial charge in [-0.25, -0.2) is 14.8 Å². The maximum absolute atomic E-state index is 13.9. The minimum atomic E-state index is -1.26. The number of carboxylic acid groups (broad SMARTS) is 1. The molecule has 3 aromatic carbocycles. The van der Waals surface area contributed by atoms with Crippen LogP contribution in [0.1, 0.15) is 27.5 Å². The van der Waals surface area contributed by atoms with Crippen molar-refractivity contribution in [3.05, 3.63) is 83.4 Å². The number of rotatable bonds is 6. The van der Waals surface area contributed by atoms with Gasteiger partial charge in [-0.15, -0.1) is 0 Å². The zero-order valence-corrected chi connectivity index (χ0v) is 19.9. The summed E-state index contributed by atoms with van der Waals surface area (Å²) in [5, 5.41) is 11.6. The molecule has 0 aromatic heterocycles. The second-order valence-corrected chi connectivity index (χ2v) is 8.53. The number of imide groups is 1. The molecule has 0 bridgehead atoms. The molecule has 0 unspecified atom stereocenters. The third-order valence-corrected chi connectivity index (χ3v) is 6.59. The van der Waals surface area contributed by atoms with E-state index in [-0.39, 0.29) is 22.6 Å². The van der Waals surface area contributed by atoms with E-state index in [0.29, 0.717) is 11.4 Å². The Hall–Kier alpha value is -4.37. The van der Waals surface area contributed by atoms with Gasteiger partial charge in [0.15, 0.2) is 17.6 Å². The van der Waals surface area contributed by atoms with Gasteiger partial charge >= 0.3 is 5.97 Å². The number of methoxy groups -OCH3 is 2. The fourth-order valence-electron chi connectivity index (χ4n) is 4.99. The van der Waals surface area contributed by atoms with E-state index in [1.54, 1.807) is 48.5 Å². The summed E-state index contributed by atoms with van der Waals surface area (Å²) in [6, 6.07) is 18.3. The van der Waals surface area contributed by atoms with Crippen molar-refractivity contribution >= 4 is 29.2 Å². The number of carbonyl (C=O) groups is 3. The van der Waals surface area contributed by atoms with Gasteiger partial charge in [0.05, 0.1) is 31.6 Å². The van der Waals surface area contributed by atoms with E-state index >= 15 is 0 Å². The highest BCUT2D eigenvalue weighted by Crippen LogP contribution is 2.50. The fourth-order valence-corrected chi connectivity index (χ4v) is 4.99. The van der Waals surface area contributed by atoms with Crippen LogP contribution in [-0.4, -0.2) is 43.2 Å². The zero-order chi connectivity index (χ0) is 25.6. The lowest BCUT2D eigenvalue weighted by Gasteiger charge is -2.30. The first kappa shape index (κ1) is 23.4. The molecule has 1 N–H and O–H groups in total.